The Balaban J connectivity index is 2.16. The summed E-state index contributed by atoms with van der Waals surface area (Å²) in [6.07, 6.45) is 0. The lowest BCUT2D eigenvalue weighted by molar-refractivity contribution is -0.385. The highest BCUT2D eigenvalue weighted by atomic mass is 16.6. The number of nitro benzene ring substituents is 1. The van der Waals surface area contributed by atoms with Crippen molar-refractivity contribution in [2.45, 2.75) is 0 Å². The van der Waals surface area contributed by atoms with Crippen molar-refractivity contribution in [2.24, 2.45) is 0 Å². The van der Waals surface area contributed by atoms with Crippen molar-refractivity contribution in [2.75, 3.05) is 4.90 Å². The maximum Gasteiger partial charge on any atom is 0.339 e. The zero-order chi connectivity index (χ0) is 17.6. The lowest BCUT2D eigenvalue weighted by Crippen LogP contribution is -2.29. The molecule has 1 aliphatic heterocycles. The van der Waals surface area contributed by atoms with Gasteiger partial charge in [0, 0.05) is 6.07 Å². The second-order valence-corrected chi connectivity index (χ2v) is 4.91. The SMILES string of the molecule is O=C(O)c1cc(N2C(=O)c3cccc([N+](=O)[O-])c3C2=O)ccc1O. The van der Waals surface area contributed by atoms with Gasteiger partial charge in [0.1, 0.15) is 16.9 Å². The van der Waals surface area contributed by atoms with Crippen LogP contribution in [0.4, 0.5) is 11.4 Å². The Morgan fingerprint density at radius 1 is 1.12 bits per heavy atom. The quantitative estimate of drug-likeness (QED) is 0.497. The zero-order valence-corrected chi connectivity index (χ0v) is 11.8. The number of carbonyl (C=O) groups excluding carboxylic acids is 2. The molecule has 0 aromatic heterocycles. The molecular weight excluding hydrogens is 320 g/mol. The van der Waals surface area contributed by atoms with Gasteiger partial charge in [-0.15, -0.1) is 0 Å². The van der Waals surface area contributed by atoms with Gasteiger partial charge in [-0.3, -0.25) is 19.7 Å². The summed E-state index contributed by atoms with van der Waals surface area (Å²) < 4.78 is 0. The average molecular weight is 328 g/mol. The van der Waals surface area contributed by atoms with Crippen molar-refractivity contribution in [1.29, 1.82) is 0 Å². The number of hydrogen-bond donors (Lipinski definition) is 2. The van der Waals surface area contributed by atoms with E-state index in [1.807, 2.05) is 0 Å². The van der Waals surface area contributed by atoms with Gasteiger partial charge in [-0.25, -0.2) is 9.69 Å². The predicted octanol–water partition coefficient (Wildman–Crippen LogP) is 1.80. The van der Waals surface area contributed by atoms with E-state index in [0.717, 1.165) is 18.2 Å². The summed E-state index contributed by atoms with van der Waals surface area (Å²) in [6, 6.07) is 6.82. The first-order valence-electron chi connectivity index (χ1n) is 6.55. The van der Waals surface area contributed by atoms with E-state index in [1.165, 1.54) is 18.2 Å². The summed E-state index contributed by atoms with van der Waals surface area (Å²) in [5.41, 5.74) is -1.61. The van der Waals surface area contributed by atoms with Crippen LogP contribution in [0.3, 0.4) is 0 Å². The Labute approximate surface area is 133 Å². The number of rotatable bonds is 3. The first kappa shape index (κ1) is 15.2. The molecule has 0 saturated heterocycles. The van der Waals surface area contributed by atoms with Crippen molar-refractivity contribution in [3.05, 3.63) is 63.2 Å². The number of aromatic hydroxyl groups is 1. The number of carboxylic acid groups (broad SMARTS) is 1. The zero-order valence-electron chi connectivity index (χ0n) is 11.8. The first-order valence-corrected chi connectivity index (χ1v) is 6.55. The molecule has 0 aliphatic carbocycles. The van der Waals surface area contributed by atoms with Crippen LogP contribution in [0.2, 0.25) is 0 Å². The maximum atomic E-state index is 12.5. The number of amides is 2. The van der Waals surface area contributed by atoms with Crippen LogP contribution in [-0.2, 0) is 0 Å². The fourth-order valence-corrected chi connectivity index (χ4v) is 2.49. The van der Waals surface area contributed by atoms with Crippen molar-refractivity contribution in [1.82, 2.24) is 0 Å². The minimum atomic E-state index is -1.45. The van der Waals surface area contributed by atoms with Gasteiger partial charge in [0.15, 0.2) is 0 Å². The highest BCUT2D eigenvalue weighted by molar-refractivity contribution is 6.35. The third kappa shape index (κ3) is 2.07. The summed E-state index contributed by atoms with van der Waals surface area (Å²) in [5, 5.41) is 29.6. The van der Waals surface area contributed by atoms with Gasteiger partial charge < -0.3 is 10.2 Å². The Kier molecular flexibility index (Phi) is 3.26. The minimum Gasteiger partial charge on any atom is -0.507 e. The van der Waals surface area contributed by atoms with E-state index >= 15 is 0 Å². The van der Waals surface area contributed by atoms with E-state index in [-0.39, 0.29) is 16.8 Å². The molecule has 24 heavy (non-hydrogen) atoms. The number of imide groups is 1. The molecular formula is C15H8N2O7. The van der Waals surface area contributed by atoms with Gasteiger partial charge in [-0.1, -0.05) is 6.07 Å². The van der Waals surface area contributed by atoms with Crippen LogP contribution in [0.25, 0.3) is 0 Å². The maximum absolute atomic E-state index is 12.5. The highest BCUT2D eigenvalue weighted by Crippen LogP contribution is 2.35. The molecule has 2 aromatic carbocycles. The number of carboxylic acids is 1. The molecule has 0 bridgehead atoms. The smallest absolute Gasteiger partial charge is 0.339 e. The van der Waals surface area contributed by atoms with Crippen LogP contribution in [0.15, 0.2) is 36.4 Å². The molecule has 3 rings (SSSR count). The van der Waals surface area contributed by atoms with Crippen LogP contribution in [0.5, 0.6) is 5.75 Å². The van der Waals surface area contributed by atoms with Crippen molar-refractivity contribution >= 4 is 29.2 Å². The van der Waals surface area contributed by atoms with Crippen LogP contribution in [0.1, 0.15) is 31.1 Å². The molecule has 1 aliphatic rings. The van der Waals surface area contributed by atoms with Gasteiger partial charge in [-0.05, 0) is 24.3 Å². The van der Waals surface area contributed by atoms with Gasteiger partial charge in [0.25, 0.3) is 17.5 Å². The third-order valence-corrected chi connectivity index (χ3v) is 3.56. The van der Waals surface area contributed by atoms with E-state index in [2.05, 4.69) is 0 Å². The molecule has 2 amide bonds. The van der Waals surface area contributed by atoms with Gasteiger partial charge in [0.2, 0.25) is 0 Å². The molecule has 1 heterocycles. The van der Waals surface area contributed by atoms with Crippen molar-refractivity contribution in [3.63, 3.8) is 0 Å². The third-order valence-electron chi connectivity index (χ3n) is 3.56. The summed E-state index contributed by atoms with van der Waals surface area (Å²) in [5.74, 6) is -3.71. The van der Waals surface area contributed by atoms with Crippen molar-refractivity contribution in [3.8, 4) is 5.75 Å². The van der Waals surface area contributed by atoms with E-state index < -0.39 is 39.7 Å². The molecule has 0 atom stereocenters. The number of benzene rings is 2. The molecule has 120 valence electrons. The number of hydrogen-bond acceptors (Lipinski definition) is 6. The monoisotopic (exact) mass is 328 g/mol. The molecule has 2 aromatic rings. The largest absolute Gasteiger partial charge is 0.507 e. The number of carbonyl (C=O) groups is 3. The van der Waals surface area contributed by atoms with Crippen LogP contribution in [-0.4, -0.2) is 32.9 Å². The van der Waals surface area contributed by atoms with Crippen LogP contribution >= 0.6 is 0 Å². The molecule has 0 unspecified atom stereocenters. The Bertz CT molecular complexity index is 935. The Morgan fingerprint density at radius 3 is 2.46 bits per heavy atom. The first-order chi connectivity index (χ1) is 11.3. The van der Waals surface area contributed by atoms with E-state index in [0.29, 0.717) is 4.90 Å². The van der Waals surface area contributed by atoms with Gasteiger partial charge in [-0.2, -0.15) is 0 Å². The van der Waals surface area contributed by atoms with E-state index in [9.17, 15) is 29.6 Å². The molecule has 0 radical (unpaired) electrons. The summed E-state index contributed by atoms with van der Waals surface area (Å²) in [4.78, 5) is 46.9. The average Bonchev–Trinajstić information content (AvgIpc) is 2.79. The number of nitrogens with zero attached hydrogens (tertiary/aromatic N) is 2. The number of fused-ring (bicyclic) bond motifs is 1. The Morgan fingerprint density at radius 2 is 1.83 bits per heavy atom. The summed E-state index contributed by atoms with van der Waals surface area (Å²) in [6.45, 7) is 0. The van der Waals surface area contributed by atoms with E-state index in [1.54, 1.807) is 0 Å². The second kappa shape index (κ2) is 5.16. The minimum absolute atomic E-state index is 0.106. The lowest BCUT2D eigenvalue weighted by atomic mass is 10.1. The van der Waals surface area contributed by atoms with Gasteiger partial charge >= 0.3 is 5.97 Å². The Hall–Kier alpha value is -3.75. The molecule has 9 heteroatoms. The normalized spacial score (nSPS) is 13.1. The lowest BCUT2D eigenvalue weighted by Gasteiger charge is -2.14. The highest BCUT2D eigenvalue weighted by Gasteiger charge is 2.42. The second-order valence-electron chi connectivity index (χ2n) is 4.91. The van der Waals surface area contributed by atoms with Gasteiger partial charge in [0.05, 0.1) is 16.2 Å². The number of phenols is 1. The number of nitro groups is 1. The van der Waals surface area contributed by atoms with E-state index in [4.69, 9.17) is 5.11 Å². The summed E-state index contributed by atoms with van der Waals surface area (Å²) in [7, 11) is 0. The summed E-state index contributed by atoms with van der Waals surface area (Å²) >= 11 is 0. The number of aromatic carboxylic acids is 1. The fourth-order valence-electron chi connectivity index (χ4n) is 2.49. The molecule has 9 nitrogen and oxygen atoms in total. The van der Waals surface area contributed by atoms with Crippen LogP contribution in [0, 0.1) is 10.1 Å². The standard InChI is InChI=1S/C15H8N2O7/c18-11-5-4-7(6-9(11)15(21)22)16-13(19)8-2-1-3-10(17(23)24)12(8)14(16)20/h1-6,18H,(H,21,22). The number of anilines is 1. The van der Waals surface area contributed by atoms with Crippen molar-refractivity contribution < 1.29 is 29.5 Å². The van der Waals surface area contributed by atoms with Crippen LogP contribution < -0.4 is 4.90 Å². The topological polar surface area (TPSA) is 138 Å². The molecule has 2 N–H and O–H groups in total. The molecule has 0 fully saturated rings. The molecule has 0 spiro atoms. The fraction of sp³-hybridized carbons (Fsp3) is 0. The predicted molar refractivity (Wildman–Crippen MR) is 79.3 cm³/mol. The molecule has 0 saturated carbocycles.